The maximum Gasteiger partial charge on any atom is 0.0772 e. The highest BCUT2D eigenvalue weighted by Gasteiger charge is 2.28. The molecule has 1 fully saturated rings. The molecule has 1 aromatic rings. The molecule has 94 valence electrons. The van der Waals surface area contributed by atoms with Gasteiger partial charge in [-0.3, -0.25) is 21.2 Å². The van der Waals surface area contributed by atoms with Crippen LogP contribution in [0.1, 0.15) is 50.0 Å². The predicted octanol–water partition coefficient (Wildman–Crippen LogP) is 2.12. The molecule has 1 aromatic heterocycles. The van der Waals surface area contributed by atoms with Gasteiger partial charge in [0.15, 0.2) is 0 Å². The van der Waals surface area contributed by atoms with E-state index in [0.717, 1.165) is 17.3 Å². The standard InChI is InChI=1S/C13H22N4/c1-9-4-3-5-11(6-9)13(17-14)12-8-15-10(2)7-16-12/h7-9,11,13,17H,3-6,14H2,1-2H3. The largest absolute Gasteiger partial charge is 0.271 e. The van der Waals surface area contributed by atoms with Gasteiger partial charge >= 0.3 is 0 Å². The molecule has 4 nitrogen and oxygen atoms in total. The molecule has 1 aliphatic carbocycles. The summed E-state index contributed by atoms with van der Waals surface area (Å²) < 4.78 is 0. The summed E-state index contributed by atoms with van der Waals surface area (Å²) in [4.78, 5) is 8.75. The van der Waals surface area contributed by atoms with Gasteiger partial charge in [-0.05, 0) is 31.6 Å². The number of rotatable bonds is 3. The number of nitrogens with two attached hydrogens (primary N) is 1. The number of hydrogen-bond donors (Lipinski definition) is 2. The van der Waals surface area contributed by atoms with Gasteiger partial charge in [0.2, 0.25) is 0 Å². The van der Waals surface area contributed by atoms with Crippen molar-refractivity contribution in [2.45, 2.75) is 45.6 Å². The minimum absolute atomic E-state index is 0.144. The zero-order chi connectivity index (χ0) is 12.3. The third-order valence-corrected chi connectivity index (χ3v) is 3.75. The van der Waals surface area contributed by atoms with Crippen molar-refractivity contribution in [2.75, 3.05) is 0 Å². The van der Waals surface area contributed by atoms with Gasteiger partial charge in [-0.15, -0.1) is 0 Å². The van der Waals surface area contributed by atoms with E-state index in [1.54, 1.807) is 0 Å². The summed E-state index contributed by atoms with van der Waals surface area (Å²) >= 11 is 0. The molecule has 17 heavy (non-hydrogen) atoms. The fraction of sp³-hybridized carbons (Fsp3) is 0.692. The van der Waals surface area contributed by atoms with Gasteiger partial charge < -0.3 is 0 Å². The highest BCUT2D eigenvalue weighted by Crippen LogP contribution is 2.35. The number of aryl methyl sites for hydroxylation is 1. The normalized spacial score (nSPS) is 26.8. The van der Waals surface area contributed by atoms with Gasteiger partial charge in [0.05, 0.1) is 23.6 Å². The van der Waals surface area contributed by atoms with Crippen molar-refractivity contribution in [3.8, 4) is 0 Å². The summed E-state index contributed by atoms with van der Waals surface area (Å²) in [7, 11) is 0. The number of nitrogens with one attached hydrogen (secondary N) is 1. The SMILES string of the molecule is Cc1cnc(C(NN)C2CCCC(C)C2)cn1. The molecule has 3 unspecified atom stereocenters. The summed E-state index contributed by atoms with van der Waals surface area (Å²) in [5.41, 5.74) is 4.84. The van der Waals surface area contributed by atoms with Crippen LogP contribution in [0.5, 0.6) is 0 Å². The van der Waals surface area contributed by atoms with Crippen molar-refractivity contribution < 1.29 is 0 Å². The van der Waals surface area contributed by atoms with Gasteiger partial charge in [-0.25, -0.2) is 0 Å². The first-order valence-corrected chi connectivity index (χ1v) is 6.45. The van der Waals surface area contributed by atoms with Crippen molar-refractivity contribution in [3.05, 3.63) is 23.8 Å². The van der Waals surface area contributed by atoms with Gasteiger partial charge in [-0.1, -0.05) is 19.8 Å². The van der Waals surface area contributed by atoms with E-state index in [4.69, 9.17) is 5.84 Å². The number of hydrazine groups is 1. The van der Waals surface area contributed by atoms with E-state index >= 15 is 0 Å². The average Bonchev–Trinajstić information content (AvgIpc) is 2.33. The highest BCUT2D eigenvalue weighted by atomic mass is 15.2. The van der Waals surface area contributed by atoms with Crippen molar-refractivity contribution in [3.63, 3.8) is 0 Å². The van der Waals surface area contributed by atoms with Crippen molar-refractivity contribution in [2.24, 2.45) is 17.7 Å². The van der Waals surface area contributed by atoms with E-state index in [0.29, 0.717) is 5.92 Å². The van der Waals surface area contributed by atoms with E-state index in [9.17, 15) is 0 Å². The van der Waals surface area contributed by atoms with Crippen LogP contribution < -0.4 is 11.3 Å². The molecule has 0 bridgehead atoms. The molecule has 1 heterocycles. The molecule has 0 radical (unpaired) electrons. The monoisotopic (exact) mass is 234 g/mol. The molecule has 0 saturated heterocycles. The Balaban J connectivity index is 2.12. The Morgan fingerprint density at radius 2 is 2.18 bits per heavy atom. The van der Waals surface area contributed by atoms with Crippen LogP contribution in [0.25, 0.3) is 0 Å². The molecule has 1 saturated carbocycles. The molecule has 0 amide bonds. The van der Waals surface area contributed by atoms with Gasteiger partial charge in [0.1, 0.15) is 0 Å². The molecule has 1 aliphatic rings. The summed E-state index contributed by atoms with van der Waals surface area (Å²) in [6, 6.07) is 0.144. The quantitative estimate of drug-likeness (QED) is 0.621. The average molecular weight is 234 g/mol. The van der Waals surface area contributed by atoms with Gasteiger partial charge in [-0.2, -0.15) is 0 Å². The fourth-order valence-corrected chi connectivity index (χ4v) is 2.81. The summed E-state index contributed by atoms with van der Waals surface area (Å²) in [6.45, 7) is 4.27. The van der Waals surface area contributed by atoms with E-state index in [-0.39, 0.29) is 6.04 Å². The maximum absolute atomic E-state index is 5.70. The fourth-order valence-electron chi connectivity index (χ4n) is 2.81. The molecule has 2 rings (SSSR count). The zero-order valence-corrected chi connectivity index (χ0v) is 10.7. The lowest BCUT2D eigenvalue weighted by atomic mass is 9.78. The second-order valence-corrected chi connectivity index (χ2v) is 5.26. The lowest BCUT2D eigenvalue weighted by molar-refractivity contribution is 0.221. The van der Waals surface area contributed by atoms with E-state index in [1.165, 1.54) is 25.7 Å². The van der Waals surface area contributed by atoms with Crippen LogP contribution in [0.2, 0.25) is 0 Å². The lowest BCUT2D eigenvalue weighted by Gasteiger charge is -2.32. The van der Waals surface area contributed by atoms with Crippen LogP contribution in [-0.2, 0) is 0 Å². The van der Waals surface area contributed by atoms with Crippen molar-refractivity contribution in [1.82, 2.24) is 15.4 Å². The Labute approximate surface area is 103 Å². The highest BCUT2D eigenvalue weighted by molar-refractivity contribution is 5.07. The smallest absolute Gasteiger partial charge is 0.0772 e. The second-order valence-electron chi connectivity index (χ2n) is 5.26. The van der Waals surface area contributed by atoms with Gasteiger partial charge in [0, 0.05) is 6.20 Å². The zero-order valence-electron chi connectivity index (χ0n) is 10.7. The molecule has 3 atom stereocenters. The van der Waals surface area contributed by atoms with Crippen LogP contribution in [0.15, 0.2) is 12.4 Å². The Morgan fingerprint density at radius 1 is 1.35 bits per heavy atom. The van der Waals surface area contributed by atoms with Crippen LogP contribution >= 0.6 is 0 Å². The first kappa shape index (κ1) is 12.5. The number of nitrogens with zero attached hydrogens (tertiary/aromatic N) is 2. The Kier molecular flexibility index (Phi) is 4.07. The Hall–Kier alpha value is -1.00. The molecular weight excluding hydrogens is 212 g/mol. The Morgan fingerprint density at radius 3 is 2.76 bits per heavy atom. The summed E-state index contributed by atoms with van der Waals surface area (Å²) in [5, 5.41) is 0. The third-order valence-electron chi connectivity index (χ3n) is 3.75. The molecule has 0 aromatic carbocycles. The molecule has 3 N–H and O–H groups in total. The Bertz CT molecular complexity index is 349. The van der Waals surface area contributed by atoms with E-state index < -0.39 is 0 Å². The summed E-state index contributed by atoms with van der Waals surface area (Å²) in [6.07, 6.45) is 8.75. The first-order chi connectivity index (χ1) is 8.20. The summed E-state index contributed by atoms with van der Waals surface area (Å²) in [5.74, 6) is 7.08. The van der Waals surface area contributed by atoms with Crippen LogP contribution in [0.3, 0.4) is 0 Å². The lowest BCUT2D eigenvalue weighted by Crippen LogP contribution is -2.36. The van der Waals surface area contributed by atoms with Gasteiger partial charge in [0.25, 0.3) is 0 Å². The predicted molar refractivity (Wildman–Crippen MR) is 68.0 cm³/mol. The number of aromatic nitrogens is 2. The molecular formula is C13H22N4. The van der Waals surface area contributed by atoms with Crippen LogP contribution in [-0.4, -0.2) is 9.97 Å². The maximum atomic E-state index is 5.70. The van der Waals surface area contributed by atoms with Crippen LogP contribution in [0.4, 0.5) is 0 Å². The van der Waals surface area contributed by atoms with Crippen LogP contribution in [0, 0.1) is 18.8 Å². The van der Waals surface area contributed by atoms with Crippen molar-refractivity contribution in [1.29, 1.82) is 0 Å². The van der Waals surface area contributed by atoms with Crippen molar-refractivity contribution >= 4 is 0 Å². The topological polar surface area (TPSA) is 63.8 Å². The van der Waals surface area contributed by atoms with E-state index in [2.05, 4.69) is 22.3 Å². The minimum Gasteiger partial charge on any atom is -0.271 e. The first-order valence-electron chi connectivity index (χ1n) is 6.45. The molecule has 0 aliphatic heterocycles. The molecule has 4 heteroatoms. The number of hydrogen-bond acceptors (Lipinski definition) is 4. The van der Waals surface area contributed by atoms with E-state index in [1.807, 2.05) is 19.3 Å². The molecule has 0 spiro atoms. The third kappa shape index (κ3) is 3.01. The minimum atomic E-state index is 0.144. The second kappa shape index (κ2) is 5.56.